The van der Waals surface area contributed by atoms with Crippen molar-refractivity contribution in [3.05, 3.63) is 0 Å². The average molecular weight is 273 g/mol. The highest BCUT2D eigenvalue weighted by atomic mass is 16.6. The second-order valence-corrected chi connectivity index (χ2v) is 6.79. The number of carbonyl (C=O) groups excluding carboxylic acids is 1. The molecule has 0 aromatic heterocycles. The molecule has 1 aliphatic heterocycles. The molecule has 5 heteroatoms. The van der Waals surface area contributed by atoms with Gasteiger partial charge in [0.2, 0.25) is 0 Å². The summed E-state index contributed by atoms with van der Waals surface area (Å²) >= 11 is 0. The Morgan fingerprint density at radius 1 is 1.37 bits per heavy atom. The van der Waals surface area contributed by atoms with Crippen LogP contribution in [0.15, 0.2) is 0 Å². The van der Waals surface area contributed by atoms with Gasteiger partial charge in [0, 0.05) is 31.2 Å². The van der Waals surface area contributed by atoms with Crippen molar-refractivity contribution in [3.63, 3.8) is 0 Å². The third-order valence-electron chi connectivity index (χ3n) is 3.50. The van der Waals surface area contributed by atoms with E-state index in [0.717, 1.165) is 0 Å². The number of rotatable bonds is 4. The molecule has 112 valence electrons. The predicted molar refractivity (Wildman–Crippen MR) is 72.8 cm³/mol. The highest BCUT2D eigenvalue weighted by molar-refractivity contribution is 5.75. The quantitative estimate of drug-likeness (QED) is 0.747. The van der Waals surface area contributed by atoms with E-state index in [1.807, 2.05) is 34.6 Å². The van der Waals surface area contributed by atoms with Gasteiger partial charge in [0.25, 0.3) is 0 Å². The molecule has 1 unspecified atom stereocenters. The van der Waals surface area contributed by atoms with E-state index in [1.165, 1.54) is 0 Å². The lowest BCUT2D eigenvalue weighted by atomic mass is 9.81. The zero-order valence-corrected chi connectivity index (χ0v) is 12.8. The highest BCUT2D eigenvalue weighted by Crippen LogP contribution is 2.36. The molecule has 5 nitrogen and oxygen atoms in total. The van der Waals surface area contributed by atoms with Crippen molar-refractivity contribution >= 4 is 5.97 Å². The van der Waals surface area contributed by atoms with E-state index in [-0.39, 0.29) is 30.5 Å². The van der Waals surface area contributed by atoms with Gasteiger partial charge < -0.3 is 19.9 Å². The standard InChI is InChI=1S/C14H27NO4/c1-13(2,3)19-12(17)11-9(7-16)10(8-18-6)15-14(11,4)5/h9-11,15-16H,7-8H2,1-6H3/t9-,10+,11?/m0/s1. The van der Waals surface area contributed by atoms with Gasteiger partial charge in [-0.2, -0.15) is 0 Å². The van der Waals surface area contributed by atoms with E-state index in [2.05, 4.69) is 5.32 Å². The van der Waals surface area contributed by atoms with E-state index in [4.69, 9.17) is 9.47 Å². The minimum absolute atomic E-state index is 0.0393. The van der Waals surface area contributed by atoms with Gasteiger partial charge in [-0.25, -0.2) is 0 Å². The summed E-state index contributed by atoms with van der Waals surface area (Å²) < 4.78 is 10.6. The third-order valence-corrected chi connectivity index (χ3v) is 3.50. The molecule has 0 aromatic rings. The lowest BCUT2D eigenvalue weighted by Crippen LogP contribution is -2.45. The van der Waals surface area contributed by atoms with Crippen LogP contribution in [0.2, 0.25) is 0 Å². The fraction of sp³-hybridized carbons (Fsp3) is 0.929. The van der Waals surface area contributed by atoms with E-state index in [0.29, 0.717) is 6.61 Å². The normalized spacial score (nSPS) is 30.4. The maximum atomic E-state index is 12.4. The van der Waals surface area contributed by atoms with Gasteiger partial charge in [0.15, 0.2) is 0 Å². The Morgan fingerprint density at radius 2 is 1.95 bits per heavy atom. The van der Waals surface area contributed by atoms with Crippen LogP contribution in [0, 0.1) is 11.8 Å². The Labute approximate surface area is 115 Å². The Hall–Kier alpha value is -0.650. The van der Waals surface area contributed by atoms with E-state index in [9.17, 15) is 9.90 Å². The summed E-state index contributed by atoms with van der Waals surface area (Å²) in [6, 6.07) is -0.0393. The van der Waals surface area contributed by atoms with Crippen LogP contribution in [0.25, 0.3) is 0 Å². The molecule has 3 atom stereocenters. The molecule has 1 aliphatic rings. The predicted octanol–water partition coefficient (Wildman–Crippen LogP) is 0.950. The Balaban J connectivity index is 2.92. The molecule has 1 heterocycles. The Morgan fingerprint density at radius 3 is 2.37 bits per heavy atom. The summed E-state index contributed by atoms with van der Waals surface area (Å²) in [5, 5.41) is 13.0. The lowest BCUT2D eigenvalue weighted by Gasteiger charge is -2.30. The Bertz CT molecular complexity index is 322. The summed E-state index contributed by atoms with van der Waals surface area (Å²) in [6.45, 7) is 9.87. The van der Waals surface area contributed by atoms with Gasteiger partial charge in [0.05, 0.1) is 12.5 Å². The van der Waals surface area contributed by atoms with E-state index < -0.39 is 11.1 Å². The van der Waals surface area contributed by atoms with Crippen LogP contribution in [-0.2, 0) is 14.3 Å². The van der Waals surface area contributed by atoms with Crippen LogP contribution in [-0.4, -0.2) is 48.6 Å². The minimum atomic E-state index is -0.521. The summed E-state index contributed by atoms with van der Waals surface area (Å²) in [5.74, 6) is -0.829. The fourth-order valence-electron chi connectivity index (χ4n) is 2.85. The first-order chi connectivity index (χ1) is 8.62. The smallest absolute Gasteiger partial charge is 0.311 e. The molecule has 0 amide bonds. The maximum Gasteiger partial charge on any atom is 0.311 e. The number of ether oxygens (including phenoxy) is 2. The first-order valence-corrected chi connectivity index (χ1v) is 6.72. The zero-order chi connectivity index (χ0) is 14.8. The van der Waals surface area contributed by atoms with Crippen LogP contribution in [0.1, 0.15) is 34.6 Å². The second kappa shape index (κ2) is 5.77. The highest BCUT2D eigenvalue weighted by Gasteiger charge is 2.52. The number of esters is 1. The monoisotopic (exact) mass is 273 g/mol. The largest absolute Gasteiger partial charge is 0.460 e. The molecule has 0 aromatic carbocycles. The molecule has 1 rings (SSSR count). The number of hydrogen-bond donors (Lipinski definition) is 2. The molecular formula is C14H27NO4. The number of methoxy groups -OCH3 is 1. The summed E-state index contributed by atoms with van der Waals surface area (Å²) in [5.41, 5.74) is -0.939. The summed E-state index contributed by atoms with van der Waals surface area (Å²) in [7, 11) is 1.61. The molecule has 19 heavy (non-hydrogen) atoms. The first-order valence-electron chi connectivity index (χ1n) is 6.72. The van der Waals surface area contributed by atoms with Gasteiger partial charge in [-0.05, 0) is 34.6 Å². The second-order valence-electron chi connectivity index (χ2n) is 6.79. The maximum absolute atomic E-state index is 12.4. The third kappa shape index (κ3) is 3.91. The van der Waals surface area contributed by atoms with Crippen LogP contribution < -0.4 is 5.32 Å². The molecule has 0 saturated carbocycles. The summed E-state index contributed by atoms with van der Waals surface area (Å²) in [4.78, 5) is 12.4. The average Bonchev–Trinajstić information content (AvgIpc) is 2.46. The zero-order valence-electron chi connectivity index (χ0n) is 12.8. The SMILES string of the molecule is COC[C@H]1NC(C)(C)C(C(=O)OC(C)(C)C)[C@H]1CO. The van der Waals surface area contributed by atoms with Gasteiger partial charge in [-0.15, -0.1) is 0 Å². The van der Waals surface area contributed by atoms with Gasteiger partial charge in [-0.1, -0.05) is 0 Å². The first kappa shape index (κ1) is 16.4. The van der Waals surface area contributed by atoms with Crippen LogP contribution in [0.4, 0.5) is 0 Å². The molecule has 0 spiro atoms. The number of aliphatic hydroxyl groups is 1. The van der Waals surface area contributed by atoms with E-state index >= 15 is 0 Å². The molecule has 1 saturated heterocycles. The molecule has 2 N–H and O–H groups in total. The molecule has 1 fully saturated rings. The van der Waals surface area contributed by atoms with Crippen LogP contribution in [0.3, 0.4) is 0 Å². The summed E-state index contributed by atoms with van der Waals surface area (Å²) in [6.07, 6.45) is 0. The fourth-order valence-corrected chi connectivity index (χ4v) is 2.85. The van der Waals surface area contributed by atoms with Crippen molar-refractivity contribution in [1.29, 1.82) is 0 Å². The number of carbonyl (C=O) groups is 1. The topological polar surface area (TPSA) is 67.8 Å². The van der Waals surface area contributed by atoms with E-state index in [1.54, 1.807) is 7.11 Å². The van der Waals surface area contributed by atoms with Crippen molar-refractivity contribution in [2.75, 3.05) is 20.3 Å². The van der Waals surface area contributed by atoms with Crippen LogP contribution >= 0.6 is 0 Å². The lowest BCUT2D eigenvalue weighted by molar-refractivity contribution is -0.163. The van der Waals surface area contributed by atoms with Crippen LogP contribution in [0.5, 0.6) is 0 Å². The number of aliphatic hydroxyl groups excluding tert-OH is 1. The minimum Gasteiger partial charge on any atom is -0.460 e. The molecule has 0 bridgehead atoms. The molecule has 0 radical (unpaired) electrons. The van der Waals surface area contributed by atoms with Gasteiger partial charge in [0.1, 0.15) is 5.60 Å². The number of hydrogen-bond acceptors (Lipinski definition) is 5. The van der Waals surface area contributed by atoms with Crippen molar-refractivity contribution in [2.24, 2.45) is 11.8 Å². The Kier molecular flexibility index (Phi) is 4.98. The van der Waals surface area contributed by atoms with Crippen molar-refractivity contribution in [2.45, 2.75) is 51.8 Å². The molecule has 0 aliphatic carbocycles. The van der Waals surface area contributed by atoms with Crippen molar-refractivity contribution in [1.82, 2.24) is 5.32 Å². The van der Waals surface area contributed by atoms with Gasteiger partial charge in [-0.3, -0.25) is 4.79 Å². The van der Waals surface area contributed by atoms with Gasteiger partial charge >= 0.3 is 5.97 Å². The molecular weight excluding hydrogens is 246 g/mol. The number of nitrogens with one attached hydrogen (secondary N) is 1. The van der Waals surface area contributed by atoms with Crippen molar-refractivity contribution in [3.8, 4) is 0 Å². The van der Waals surface area contributed by atoms with Crippen molar-refractivity contribution < 1.29 is 19.4 Å².